The van der Waals surface area contributed by atoms with Crippen molar-refractivity contribution >= 4 is 23.2 Å². The fraction of sp³-hybridized carbons (Fsp3) is 0. The Morgan fingerprint density at radius 1 is 0.594 bits per heavy atom. The standard InChI is InChI=1S/C13H8N2O7.C6H5NO3/c16-13(21-11-5-1-9(2-6-11)14(17)18)22-12-7-3-10(4-8-12)15(19)20;8-6-3-1-5(2-4-6)7(9)10/h1-8H;1-4,8H. The molecule has 13 heteroatoms. The highest BCUT2D eigenvalue weighted by atomic mass is 16.7. The van der Waals surface area contributed by atoms with E-state index >= 15 is 0 Å². The Bertz CT molecular complexity index is 1050. The number of rotatable bonds is 5. The lowest BCUT2D eigenvalue weighted by atomic mass is 10.3. The van der Waals surface area contributed by atoms with Crippen LogP contribution >= 0.6 is 0 Å². The Morgan fingerprint density at radius 2 is 0.875 bits per heavy atom. The van der Waals surface area contributed by atoms with Crippen LogP contribution in [-0.4, -0.2) is 26.0 Å². The van der Waals surface area contributed by atoms with Crippen molar-refractivity contribution in [3.63, 3.8) is 0 Å². The molecule has 0 heterocycles. The molecule has 164 valence electrons. The van der Waals surface area contributed by atoms with Crippen LogP contribution < -0.4 is 9.47 Å². The van der Waals surface area contributed by atoms with Crippen LogP contribution in [0.15, 0.2) is 72.8 Å². The third kappa shape index (κ3) is 7.07. The molecule has 0 aliphatic rings. The van der Waals surface area contributed by atoms with Crippen LogP contribution in [0, 0.1) is 30.3 Å². The first-order valence-corrected chi connectivity index (χ1v) is 8.47. The van der Waals surface area contributed by atoms with Crippen LogP contribution in [0.3, 0.4) is 0 Å². The summed E-state index contributed by atoms with van der Waals surface area (Å²) in [5.41, 5.74) is -0.301. The average Bonchev–Trinajstić information content (AvgIpc) is 2.75. The van der Waals surface area contributed by atoms with Gasteiger partial charge in [0.25, 0.3) is 17.1 Å². The zero-order valence-electron chi connectivity index (χ0n) is 15.9. The molecule has 3 rings (SSSR count). The molecular weight excluding hydrogens is 430 g/mol. The first kappa shape index (κ1) is 23.2. The zero-order chi connectivity index (χ0) is 23.7. The van der Waals surface area contributed by atoms with Crippen molar-refractivity contribution in [3.8, 4) is 17.2 Å². The third-order valence-corrected chi connectivity index (χ3v) is 3.56. The number of benzene rings is 3. The van der Waals surface area contributed by atoms with E-state index in [1.54, 1.807) is 0 Å². The molecule has 0 atom stereocenters. The number of nitro benzene ring substituents is 3. The van der Waals surface area contributed by atoms with E-state index in [1.807, 2.05) is 0 Å². The molecule has 0 amide bonds. The molecule has 0 aliphatic carbocycles. The van der Waals surface area contributed by atoms with Gasteiger partial charge in [0.2, 0.25) is 0 Å². The topological polar surface area (TPSA) is 185 Å². The van der Waals surface area contributed by atoms with Gasteiger partial charge < -0.3 is 14.6 Å². The Balaban J connectivity index is 0.000000303. The van der Waals surface area contributed by atoms with Gasteiger partial charge in [0, 0.05) is 36.4 Å². The summed E-state index contributed by atoms with van der Waals surface area (Å²) in [6.07, 6.45) is -1.07. The average molecular weight is 443 g/mol. The van der Waals surface area contributed by atoms with Crippen LogP contribution in [-0.2, 0) is 0 Å². The lowest BCUT2D eigenvalue weighted by Gasteiger charge is -2.05. The molecule has 0 unspecified atom stereocenters. The summed E-state index contributed by atoms with van der Waals surface area (Å²) in [6, 6.07) is 14.7. The fourth-order valence-corrected chi connectivity index (χ4v) is 2.06. The lowest BCUT2D eigenvalue weighted by Crippen LogP contribution is -2.13. The molecule has 32 heavy (non-hydrogen) atoms. The van der Waals surface area contributed by atoms with Gasteiger partial charge in [-0.1, -0.05) is 0 Å². The van der Waals surface area contributed by atoms with Gasteiger partial charge in [-0.25, -0.2) is 4.79 Å². The second-order valence-electron chi connectivity index (χ2n) is 5.73. The second-order valence-corrected chi connectivity index (χ2v) is 5.73. The number of nitro groups is 3. The minimum Gasteiger partial charge on any atom is -0.508 e. The summed E-state index contributed by atoms with van der Waals surface area (Å²) in [5, 5.41) is 39.7. The molecule has 3 aromatic carbocycles. The summed E-state index contributed by atoms with van der Waals surface area (Å²) in [4.78, 5) is 40.8. The largest absolute Gasteiger partial charge is 0.519 e. The van der Waals surface area contributed by atoms with E-state index < -0.39 is 20.9 Å². The van der Waals surface area contributed by atoms with Crippen LogP contribution in [0.25, 0.3) is 0 Å². The number of carbonyl (C=O) groups is 1. The van der Waals surface area contributed by atoms with Gasteiger partial charge in [-0.05, 0) is 36.4 Å². The van der Waals surface area contributed by atoms with E-state index in [0.29, 0.717) is 0 Å². The molecule has 0 bridgehead atoms. The van der Waals surface area contributed by atoms with E-state index in [9.17, 15) is 35.1 Å². The van der Waals surface area contributed by atoms with Gasteiger partial charge in [-0.15, -0.1) is 0 Å². The number of hydrogen-bond donors (Lipinski definition) is 1. The normalized spacial score (nSPS) is 9.62. The number of hydrogen-bond acceptors (Lipinski definition) is 10. The first-order chi connectivity index (χ1) is 15.2. The summed E-state index contributed by atoms with van der Waals surface area (Å²) in [6.45, 7) is 0. The molecule has 0 saturated carbocycles. The number of nitrogens with zero attached hydrogens (tertiary/aromatic N) is 3. The minimum absolute atomic E-state index is 0.0159. The Hall–Kier alpha value is -5.07. The summed E-state index contributed by atoms with van der Waals surface area (Å²) in [5.74, 6) is 0.167. The van der Waals surface area contributed by atoms with Gasteiger partial charge in [-0.3, -0.25) is 30.3 Å². The predicted octanol–water partition coefficient (Wildman–Crippen LogP) is 4.38. The highest BCUT2D eigenvalue weighted by Gasteiger charge is 2.11. The van der Waals surface area contributed by atoms with Crippen molar-refractivity contribution in [2.75, 3.05) is 0 Å². The van der Waals surface area contributed by atoms with Gasteiger partial charge in [-0.2, -0.15) is 0 Å². The smallest absolute Gasteiger partial charge is 0.508 e. The maximum absolute atomic E-state index is 11.5. The number of carbonyl (C=O) groups excluding carboxylic acids is 1. The van der Waals surface area contributed by atoms with E-state index in [1.165, 1.54) is 72.8 Å². The van der Waals surface area contributed by atoms with Gasteiger partial charge >= 0.3 is 6.16 Å². The number of non-ortho nitro benzene ring substituents is 3. The van der Waals surface area contributed by atoms with Gasteiger partial charge in [0.05, 0.1) is 14.8 Å². The van der Waals surface area contributed by atoms with Crippen molar-refractivity contribution in [3.05, 3.63) is 103 Å². The molecule has 0 radical (unpaired) electrons. The van der Waals surface area contributed by atoms with E-state index in [4.69, 9.17) is 14.6 Å². The number of phenols is 1. The highest BCUT2D eigenvalue weighted by Crippen LogP contribution is 2.20. The first-order valence-electron chi connectivity index (χ1n) is 8.47. The highest BCUT2D eigenvalue weighted by molar-refractivity contribution is 5.67. The molecule has 0 aromatic heterocycles. The van der Waals surface area contributed by atoms with E-state index in [2.05, 4.69) is 0 Å². The Kier molecular flexibility index (Phi) is 7.71. The number of ether oxygens (including phenoxy) is 2. The SMILES string of the molecule is O=C(Oc1ccc([N+](=O)[O-])cc1)Oc1ccc([N+](=O)[O-])cc1.O=[N+]([O-])c1ccc(O)cc1. The molecule has 0 spiro atoms. The maximum atomic E-state index is 11.5. The molecule has 13 nitrogen and oxygen atoms in total. The minimum atomic E-state index is -1.07. The van der Waals surface area contributed by atoms with Gasteiger partial charge in [0.15, 0.2) is 0 Å². The van der Waals surface area contributed by atoms with Crippen LogP contribution in [0.1, 0.15) is 0 Å². The third-order valence-electron chi connectivity index (χ3n) is 3.56. The molecular formula is C19H13N3O10. The Morgan fingerprint density at radius 3 is 1.16 bits per heavy atom. The second kappa shape index (κ2) is 10.6. The Labute approximate surface area is 178 Å². The zero-order valence-corrected chi connectivity index (χ0v) is 15.9. The molecule has 0 aliphatic heterocycles. The lowest BCUT2D eigenvalue weighted by molar-refractivity contribution is -0.385. The van der Waals surface area contributed by atoms with Crippen molar-refractivity contribution in [1.82, 2.24) is 0 Å². The predicted molar refractivity (Wildman–Crippen MR) is 108 cm³/mol. The quantitative estimate of drug-likeness (QED) is 0.257. The summed E-state index contributed by atoms with van der Waals surface area (Å²) in [7, 11) is 0. The van der Waals surface area contributed by atoms with Gasteiger partial charge in [0.1, 0.15) is 17.2 Å². The molecule has 0 saturated heterocycles. The number of aromatic hydroxyl groups is 1. The summed E-state index contributed by atoms with van der Waals surface area (Å²) >= 11 is 0. The van der Waals surface area contributed by atoms with Crippen LogP contribution in [0.2, 0.25) is 0 Å². The monoisotopic (exact) mass is 443 g/mol. The number of phenolic OH excluding ortho intramolecular Hbond substituents is 1. The molecule has 3 aromatic rings. The van der Waals surface area contributed by atoms with Crippen LogP contribution in [0.5, 0.6) is 17.2 Å². The van der Waals surface area contributed by atoms with E-state index in [0.717, 1.165) is 0 Å². The van der Waals surface area contributed by atoms with Crippen LogP contribution in [0.4, 0.5) is 21.9 Å². The molecule has 1 N–H and O–H groups in total. The van der Waals surface area contributed by atoms with Crippen molar-refractivity contribution in [2.45, 2.75) is 0 Å². The molecule has 0 fully saturated rings. The maximum Gasteiger partial charge on any atom is 0.519 e. The summed E-state index contributed by atoms with van der Waals surface area (Å²) < 4.78 is 9.63. The van der Waals surface area contributed by atoms with Crippen molar-refractivity contribution in [2.24, 2.45) is 0 Å². The fourth-order valence-electron chi connectivity index (χ4n) is 2.06. The van der Waals surface area contributed by atoms with E-state index in [-0.39, 0.29) is 34.3 Å². The van der Waals surface area contributed by atoms with Crippen molar-refractivity contribution in [1.29, 1.82) is 0 Å². The van der Waals surface area contributed by atoms with Crippen molar-refractivity contribution < 1.29 is 34.1 Å².